The van der Waals surface area contributed by atoms with E-state index in [0.717, 1.165) is 30.7 Å². The molecular weight excluding hydrogens is 210 g/mol. The molecule has 4 atom stereocenters. The van der Waals surface area contributed by atoms with Gasteiger partial charge in [0.05, 0.1) is 0 Å². The molecule has 2 saturated carbocycles. The van der Waals surface area contributed by atoms with E-state index in [1.807, 2.05) is 6.20 Å². The lowest BCUT2D eigenvalue weighted by Gasteiger charge is -2.27. The first-order chi connectivity index (χ1) is 8.28. The molecule has 2 bridgehead atoms. The summed E-state index contributed by atoms with van der Waals surface area (Å²) in [7, 11) is 0. The minimum Gasteiger partial charge on any atom is -0.335 e. The minimum atomic E-state index is 0.318. The topological polar surface area (TPSA) is 43.8 Å². The molecule has 3 rings (SSSR count). The highest BCUT2D eigenvalue weighted by molar-refractivity contribution is 5.00. The van der Waals surface area contributed by atoms with Crippen LogP contribution >= 0.6 is 0 Å². The smallest absolute Gasteiger partial charge is 0.110 e. The maximum atomic E-state index is 6.43. The molecule has 1 aromatic heterocycles. The zero-order valence-corrected chi connectivity index (χ0v) is 10.7. The lowest BCUT2D eigenvalue weighted by Crippen LogP contribution is -2.36. The van der Waals surface area contributed by atoms with Crippen molar-refractivity contribution in [3.05, 3.63) is 18.2 Å². The monoisotopic (exact) mass is 233 g/mol. The number of fused-ring (bicyclic) bond motifs is 2. The van der Waals surface area contributed by atoms with Crippen molar-refractivity contribution in [2.24, 2.45) is 23.5 Å². The Bertz CT molecular complexity index is 385. The third-order valence-corrected chi connectivity index (χ3v) is 4.90. The van der Waals surface area contributed by atoms with Crippen LogP contribution in [-0.4, -0.2) is 15.6 Å². The van der Waals surface area contributed by atoms with Gasteiger partial charge in [0, 0.05) is 31.4 Å². The maximum Gasteiger partial charge on any atom is 0.110 e. The molecular formula is C14H23N3. The van der Waals surface area contributed by atoms with Crippen LogP contribution in [0.25, 0.3) is 0 Å². The fourth-order valence-corrected chi connectivity index (χ4v) is 4.00. The average molecular weight is 233 g/mol. The molecule has 2 fully saturated rings. The number of imidazole rings is 1. The number of nitrogens with zero attached hydrogens (tertiary/aromatic N) is 2. The number of aromatic nitrogens is 2. The van der Waals surface area contributed by atoms with Gasteiger partial charge in [-0.1, -0.05) is 6.42 Å². The van der Waals surface area contributed by atoms with Gasteiger partial charge in [-0.15, -0.1) is 0 Å². The van der Waals surface area contributed by atoms with E-state index in [-0.39, 0.29) is 0 Å². The van der Waals surface area contributed by atoms with Gasteiger partial charge in [0.1, 0.15) is 5.82 Å². The first-order valence-corrected chi connectivity index (χ1v) is 7.03. The van der Waals surface area contributed by atoms with Crippen molar-refractivity contribution in [3.63, 3.8) is 0 Å². The first kappa shape index (κ1) is 11.3. The number of nitrogens with two attached hydrogens (primary N) is 1. The van der Waals surface area contributed by atoms with E-state index in [1.54, 1.807) is 0 Å². The van der Waals surface area contributed by atoms with Crippen LogP contribution in [0, 0.1) is 17.8 Å². The normalized spacial score (nSPS) is 33.2. The van der Waals surface area contributed by atoms with Gasteiger partial charge in [-0.25, -0.2) is 4.98 Å². The number of rotatable bonds is 4. The summed E-state index contributed by atoms with van der Waals surface area (Å²) in [4.78, 5) is 4.44. The third kappa shape index (κ3) is 2.01. The largest absolute Gasteiger partial charge is 0.335 e. The summed E-state index contributed by atoms with van der Waals surface area (Å²) in [5.41, 5.74) is 6.43. The molecule has 2 N–H and O–H groups in total. The van der Waals surface area contributed by atoms with E-state index in [9.17, 15) is 0 Å². The molecule has 3 nitrogen and oxygen atoms in total. The second-order valence-electron chi connectivity index (χ2n) is 5.84. The lowest BCUT2D eigenvalue weighted by molar-refractivity contribution is 0.277. The fourth-order valence-electron chi connectivity index (χ4n) is 4.00. The predicted molar refractivity (Wildman–Crippen MR) is 68.5 cm³/mol. The van der Waals surface area contributed by atoms with Gasteiger partial charge < -0.3 is 10.3 Å². The zero-order chi connectivity index (χ0) is 11.8. The predicted octanol–water partition coefficient (Wildman–Crippen LogP) is 2.21. The van der Waals surface area contributed by atoms with Crippen molar-refractivity contribution < 1.29 is 0 Å². The molecule has 17 heavy (non-hydrogen) atoms. The van der Waals surface area contributed by atoms with E-state index >= 15 is 0 Å². The second-order valence-corrected chi connectivity index (χ2v) is 5.84. The molecule has 0 amide bonds. The molecule has 1 aromatic rings. The standard InChI is InChI=1S/C14H23N3/c1-2-17-6-5-16-14(17)9-13(15)12-8-10-3-4-11(12)7-10/h5-6,10-13H,2-4,7-9,15H2,1H3. The summed E-state index contributed by atoms with van der Waals surface area (Å²) < 4.78 is 2.22. The van der Waals surface area contributed by atoms with Crippen molar-refractivity contribution in [2.45, 2.75) is 51.6 Å². The Balaban J connectivity index is 1.65. The third-order valence-electron chi connectivity index (χ3n) is 4.90. The number of hydrogen-bond acceptors (Lipinski definition) is 2. The molecule has 1 heterocycles. The van der Waals surface area contributed by atoms with Gasteiger partial charge in [0.15, 0.2) is 0 Å². The van der Waals surface area contributed by atoms with Crippen LogP contribution in [0.5, 0.6) is 0 Å². The van der Waals surface area contributed by atoms with Gasteiger partial charge in [-0.2, -0.15) is 0 Å². The van der Waals surface area contributed by atoms with Gasteiger partial charge in [0.25, 0.3) is 0 Å². The van der Waals surface area contributed by atoms with Crippen LogP contribution in [0.4, 0.5) is 0 Å². The van der Waals surface area contributed by atoms with Gasteiger partial charge in [0.2, 0.25) is 0 Å². The summed E-state index contributed by atoms with van der Waals surface area (Å²) in [5.74, 6) is 3.83. The fraction of sp³-hybridized carbons (Fsp3) is 0.786. The molecule has 0 radical (unpaired) electrons. The van der Waals surface area contributed by atoms with Crippen LogP contribution in [0.15, 0.2) is 12.4 Å². The molecule has 0 saturated heterocycles. The Morgan fingerprint density at radius 2 is 2.35 bits per heavy atom. The van der Waals surface area contributed by atoms with Crippen LogP contribution in [-0.2, 0) is 13.0 Å². The highest BCUT2D eigenvalue weighted by Gasteiger charge is 2.42. The Hall–Kier alpha value is -0.830. The quantitative estimate of drug-likeness (QED) is 0.866. The van der Waals surface area contributed by atoms with Crippen molar-refractivity contribution in [3.8, 4) is 0 Å². The van der Waals surface area contributed by atoms with Crippen molar-refractivity contribution in [1.29, 1.82) is 0 Å². The highest BCUT2D eigenvalue weighted by Crippen LogP contribution is 2.49. The summed E-state index contributed by atoms with van der Waals surface area (Å²) in [6.45, 7) is 3.16. The molecule has 94 valence electrons. The molecule has 2 aliphatic carbocycles. The number of hydrogen-bond donors (Lipinski definition) is 1. The van der Waals surface area contributed by atoms with Crippen LogP contribution in [0.2, 0.25) is 0 Å². The van der Waals surface area contributed by atoms with Crippen molar-refractivity contribution in [2.75, 3.05) is 0 Å². The molecule has 2 aliphatic rings. The van der Waals surface area contributed by atoms with Crippen molar-refractivity contribution >= 4 is 0 Å². The van der Waals surface area contributed by atoms with Gasteiger partial charge in [-0.05, 0) is 43.9 Å². The summed E-state index contributed by atoms with van der Waals surface area (Å²) in [6.07, 6.45) is 10.6. The zero-order valence-electron chi connectivity index (χ0n) is 10.7. The van der Waals surface area contributed by atoms with Crippen LogP contribution < -0.4 is 5.73 Å². The summed E-state index contributed by atoms with van der Waals surface area (Å²) in [6, 6.07) is 0.318. The van der Waals surface area contributed by atoms with Gasteiger partial charge >= 0.3 is 0 Å². The Morgan fingerprint density at radius 1 is 1.47 bits per heavy atom. The summed E-state index contributed by atoms with van der Waals surface area (Å²) in [5, 5.41) is 0. The van der Waals surface area contributed by atoms with E-state index in [4.69, 9.17) is 5.73 Å². The maximum absolute atomic E-state index is 6.43. The average Bonchev–Trinajstić information content (AvgIpc) is 3.03. The Labute approximate surface area is 103 Å². The molecule has 3 heteroatoms. The lowest BCUT2D eigenvalue weighted by atomic mass is 9.82. The molecule has 4 unspecified atom stereocenters. The first-order valence-electron chi connectivity index (χ1n) is 7.03. The van der Waals surface area contributed by atoms with E-state index in [1.165, 1.54) is 31.5 Å². The van der Waals surface area contributed by atoms with Crippen LogP contribution in [0.3, 0.4) is 0 Å². The minimum absolute atomic E-state index is 0.318. The van der Waals surface area contributed by atoms with E-state index in [0.29, 0.717) is 6.04 Å². The van der Waals surface area contributed by atoms with Crippen LogP contribution in [0.1, 0.15) is 38.4 Å². The van der Waals surface area contributed by atoms with E-state index in [2.05, 4.69) is 22.7 Å². The molecule has 0 aromatic carbocycles. The highest BCUT2D eigenvalue weighted by atomic mass is 15.1. The van der Waals surface area contributed by atoms with E-state index < -0.39 is 0 Å². The number of aryl methyl sites for hydroxylation is 1. The van der Waals surface area contributed by atoms with Crippen molar-refractivity contribution in [1.82, 2.24) is 9.55 Å². The Morgan fingerprint density at radius 3 is 3.00 bits per heavy atom. The summed E-state index contributed by atoms with van der Waals surface area (Å²) >= 11 is 0. The SMILES string of the molecule is CCn1ccnc1CC(N)C1CC2CCC1C2. The Kier molecular flexibility index (Phi) is 2.95. The molecule has 0 aliphatic heterocycles. The molecule has 0 spiro atoms. The second kappa shape index (κ2) is 4.45. The van der Waals surface area contributed by atoms with Gasteiger partial charge in [-0.3, -0.25) is 0 Å².